The van der Waals surface area contributed by atoms with Crippen molar-refractivity contribution in [2.24, 2.45) is 5.92 Å². The summed E-state index contributed by atoms with van der Waals surface area (Å²) in [5.74, 6) is -3.17. The summed E-state index contributed by atoms with van der Waals surface area (Å²) in [6, 6.07) is 2.43. The van der Waals surface area contributed by atoms with E-state index in [9.17, 15) is 29.2 Å². The number of nitrogens with zero attached hydrogens (tertiary/aromatic N) is 1. The van der Waals surface area contributed by atoms with Gasteiger partial charge in [0.15, 0.2) is 0 Å². The lowest BCUT2D eigenvalue weighted by atomic mass is 9.95. The molecule has 1 aromatic rings. The minimum atomic E-state index is -1.46. The minimum absolute atomic E-state index is 0.192. The number of aliphatic carboxylic acids is 1. The number of nitrogens with one attached hydrogen (secondary N) is 1. The molecule has 1 unspecified atom stereocenters. The number of non-ortho nitro benzene ring substituents is 1. The molecule has 0 bridgehead atoms. The highest BCUT2D eigenvalue weighted by Crippen LogP contribution is 2.39. The first-order chi connectivity index (χ1) is 9.74. The van der Waals surface area contributed by atoms with Gasteiger partial charge in [0.05, 0.1) is 11.0 Å². The maximum absolute atomic E-state index is 13.3. The zero-order valence-corrected chi connectivity index (χ0v) is 11.1. The molecule has 0 aromatic heterocycles. The highest BCUT2D eigenvalue weighted by atomic mass is 19.1. The van der Waals surface area contributed by atoms with Gasteiger partial charge in [0.2, 0.25) is 0 Å². The number of nitro groups is 1. The summed E-state index contributed by atoms with van der Waals surface area (Å²) in [5.41, 5.74) is -2.31. The molecule has 0 heterocycles. The lowest BCUT2D eigenvalue weighted by molar-refractivity contribution is -0.385. The zero-order valence-electron chi connectivity index (χ0n) is 11.1. The summed E-state index contributed by atoms with van der Waals surface area (Å²) in [4.78, 5) is 33.2. The predicted molar refractivity (Wildman–Crippen MR) is 69.3 cm³/mol. The van der Waals surface area contributed by atoms with Crippen LogP contribution in [0.2, 0.25) is 0 Å². The van der Waals surface area contributed by atoms with E-state index in [0.29, 0.717) is 18.9 Å². The summed E-state index contributed by atoms with van der Waals surface area (Å²) in [5, 5.41) is 22.2. The number of amides is 1. The van der Waals surface area contributed by atoms with E-state index in [-0.39, 0.29) is 11.5 Å². The third-order valence-corrected chi connectivity index (χ3v) is 3.57. The first-order valence-corrected chi connectivity index (χ1v) is 6.25. The van der Waals surface area contributed by atoms with Crippen LogP contribution >= 0.6 is 0 Å². The molecule has 0 spiro atoms. The lowest BCUT2D eigenvalue weighted by Gasteiger charge is -2.26. The van der Waals surface area contributed by atoms with Crippen LogP contribution in [0, 0.1) is 21.8 Å². The Balaban J connectivity index is 2.28. The van der Waals surface area contributed by atoms with Gasteiger partial charge in [0.25, 0.3) is 11.6 Å². The number of hydrogen-bond acceptors (Lipinski definition) is 4. The van der Waals surface area contributed by atoms with Gasteiger partial charge in [0, 0.05) is 11.6 Å². The van der Waals surface area contributed by atoms with Crippen molar-refractivity contribution in [3.63, 3.8) is 0 Å². The Labute approximate surface area is 118 Å². The van der Waals surface area contributed by atoms with Crippen molar-refractivity contribution in [2.45, 2.75) is 25.3 Å². The van der Waals surface area contributed by atoms with Gasteiger partial charge in [-0.3, -0.25) is 14.9 Å². The van der Waals surface area contributed by atoms with Gasteiger partial charge in [-0.1, -0.05) is 0 Å². The molecule has 0 aliphatic heterocycles. The lowest BCUT2D eigenvalue weighted by Crippen LogP contribution is -2.54. The molecule has 2 N–H and O–H groups in total. The summed E-state index contributed by atoms with van der Waals surface area (Å²) in [7, 11) is 0. The summed E-state index contributed by atoms with van der Waals surface area (Å²) >= 11 is 0. The topological polar surface area (TPSA) is 110 Å². The molecule has 21 heavy (non-hydrogen) atoms. The van der Waals surface area contributed by atoms with Crippen LogP contribution in [0.4, 0.5) is 10.1 Å². The molecule has 0 saturated heterocycles. The van der Waals surface area contributed by atoms with E-state index in [1.807, 2.05) is 0 Å². The average Bonchev–Trinajstić information content (AvgIpc) is 3.21. The fraction of sp³-hybridized carbons (Fsp3) is 0.385. The highest BCUT2D eigenvalue weighted by molar-refractivity contribution is 5.98. The molecule has 1 aliphatic carbocycles. The standard InChI is InChI=1S/C13H13FN2O5/c1-13(12(18)19,8-2-3-8)15-11(17)7-4-9(14)6-10(5-7)16(20)21/h4-6,8H,2-3H2,1H3,(H,15,17)(H,18,19). The van der Waals surface area contributed by atoms with E-state index in [2.05, 4.69) is 5.32 Å². The van der Waals surface area contributed by atoms with Gasteiger partial charge in [-0.15, -0.1) is 0 Å². The van der Waals surface area contributed by atoms with Crippen LogP contribution in [-0.2, 0) is 4.79 Å². The summed E-state index contributed by atoms with van der Waals surface area (Å²) in [6.07, 6.45) is 1.35. The smallest absolute Gasteiger partial charge is 0.329 e. The third-order valence-electron chi connectivity index (χ3n) is 3.57. The third kappa shape index (κ3) is 2.99. The number of hydrogen-bond donors (Lipinski definition) is 2. The Morgan fingerprint density at radius 2 is 2.05 bits per heavy atom. The summed E-state index contributed by atoms with van der Waals surface area (Å²) in [6.45, 7) is 1.37. The van der Waals surface area contributed by atoms with E-state index in [1.165, 1.54) is 6.92 Å². The molecular weight excluding hydrogens is 283 g/mol. The van der Waals surface area contributed by atoms with E-state index in [0.717, 1.165) is 12.1 Å². The molecule has 0 radical (unpaired) electrons. The average molecular weight is 296 g/mol. The number of halogens is 1. The van der Waals surface area contributed by atoms with Gasteiger partial charge in [-0.2, -0.15) is 0 Å². The first-order valence-electron chi connectivity index (χ1n) is 6.25. The minimum Gasteiger partial charge on any atom is -0.480 e. The Morgan fingerprint density at radius 1 is 1.43 bits per heavy atom. The second-order valence-electron chi connectivity index (χ2n) is 5.19. The molecule has 112 valence electrons. The molecule has 1 atom stereocenters. The Hall–Kier alpha value is -2.51. The highest BCUT2D eigenvalue weighted by Gasteiger charge is 2.48. The molecule has 1 aromatic carbocycles. The largest absolute Gasteiger partial charge is 0.480 e. The molecule has 7 nitrogen and oxygen atoms in total. The van der Waals surface area contributed by atoms with Gasteiger partial charge >= 0.3 is 5.97 Å². The molecule has 1 saturated carbocycles. The Kier molecular flexibility index (Phi) is 3.63. The monoisotopic (exact) mass is 296 g/mol. The molecule has 2 rings (SSSR count). The second kappa shape index (κ2) is 5.12. The SMILES string of the molecule is CC(NC(=O)c1cc(F)cc([N+](=O)[O-])c1)(C(=O)O)C1CC1. The Bertz CT molecular complexity index is 629. The predicted octanol–water partition coefficient (Wildman–Crippen LogP) is 1.72. The number of nitro benzene ring substituents is 1. The van der Waals surface area contributed by atoms with Crippen molar-refractivity contribution in [3.8, 4) is 0 Å². The number of rotatable bonds is 5. The number of carbonyl (C=O) groups excluding carboxylic acids is 1. The molecule has 1 amide bonds. The fourth-order valence-corrected chi connectivity index (χ4v) is 2.11. The van der Waals surface area contributed by atoms with Gasteiger partial charge in [-0.25, -0.2) is 9.18 Å². The van der Waals surface area contributed by atoms with Crippen molar-refractivity contribution in [1.82, 2.24) is 5.32 Å². The van der Waals surface area contributed by atoms with Crippen LogP contribution in [0.5, 0.6) is 0 Å². The van der Waals surface area contributed by atoms with Crippen LogP contribution in [0.1, 0.15) is 30.1 Å². The van der Waals surface area contributed by atoms with Crippen molar-refractivity contribution in [2.75, 3.05) is 0 Å². The quantitative estimate of drug-likeness (QED) is 0.635. The number of carboxylic acid groups (broad SMARTS) is 1. The molecule has 1 fully saturated rings. The van der Waals surface area contributed by atoms with Crippen LogP contribution in [-0.4, -0.2) is 27.4 Å². The van der Waals surface area contributed by atoms with Crippen LogP contribution in [0.15, 0.2) is 18.2 Å². The van der Waals surface area contributed by atoms with E-state index >= 15 is 0 Å². The van der Waals surface area contributed by atoms with Crippen LogP contribution < -0.4 is 5.32 Å². The maximum Gasteiger partial charge on any atom is 0.329 e. The van der Waals surface area contributed by atoms with E-state index in [1.54, 1.807) is 0 Å². The van der Waals surface area contributed by atoms with E-state index < -0.39 is 33.8 Å². The second-order valence-corrected chi connectivity index (χ2v) is 5.19. The van der Waals surface area contributed by atoms with Gasteiger partial charge in [-0.05, 0) is 31.7 Å². The number of carbonyl (C=O) groups is 2. The zero-order chi connectivity index (χ0) is 15.8. The van der Waals surface area contributed by atoms with Crippen molar-refractivity contribution in [3.05, 3.63) is 39.7 Å². The molecular formula is C13H13FN2O5. The van der Waals surface area contributed by atoms with Crippen LogP contribution in [0.25, 0.3) is 0 Å². The van der Waals surface area contributed by atoms with Gasteiger partial charge < -0.3 is 10.4 Å². The Morgan fingerprint density at radius 3 is 2.52 bits per heavy atom. The van der Waals surface area contributed by atoms with Crippen molar-refractivity contribution < 1.29 is 24.0 Å². The number of carboxylic acids is 1. The maximum atomic E-state index is 13.3. The van der Waals surface area contributed by atoms with Crippen LogP contribution in [0.3, 0.4) is 0 Å². The van der Waals surface area contributed by atoms with Gasteiger partial charge in [0.1, 0.15) is 11.4 Å². The van der Waals surface area contributed by atoms with E-state index in [4.69, 9.17) is 0 Å². The normalized spacial score (nSPS) is 16.9. The first kappa shape index (κ1) is 14.9. The molecule has 8 heteroatoms. The van der Waals surface area contributed by atoms with Crippen molar-refractivity contribution >= 4 is 17.6 Å². The fourth-order valence-electron chi connectivity index (χ4n) is 2.11. The summed E-state index contributed by atoms with van der Waals surface area (Å²) < 4.78 is 13.3. The molecule has 1 aliphatic rings. The number of benzene rings is 1. The van der Waals surface area contributed by atoms with Crippen molar-refractivity contribution in [1.29, 1.82) is 0 Å².